The number of hydrogen-bond acceptors (Lipinski definition) is 5. The van der Waals surface area contributed by atoms with Gasteiger partial charge in [0.2, 0.25) is 5.95 Å². The maximum atomic E-state index is 4.72. The molecule has 1 aliphatic heterocycles. The molecule has 0 radical (unpaired) electrons. The van der Waals surface area contributed by atoms with Crippen LogP contribution in [0, 0.1) is 12.8 Å². The number of hydrogen-bond donors (Lipinski definition) is 1. The second kappa shape index (κ2) is 7.18. The Morgan fingerprint density at radius 1 is 1.38 bits per heavy atom. The van der Waals surface area contributed by atoms with Crippen LogP contribution >= 0.6 is 0 Å². The smallest absolute Gasteiger partial charge is 0.225 e. The van der Waals surface area contributed by atoms with Gasteiger partial charge in [0.25, 0.3) is 0 Å². The van der Waals surface area contributed by atoms with Crippen LogP contribution in [0.3, 0.4) is 0 Å². The van der Waals surface area contributed by atoms with E-state index in [-0.39, 0.29) is 0 Å². The topological polar surface area (TPSA) is 44.3 Å². The summed E-state index contributed by atoms with van der Waals surface area (Å²) in [6.45, 7) is 10.5. The van der Waals surface area contributed by atoms with Crippen LogP contribution in [0.15, 0.2) is 6.20 Å². The van der Waals surface area contributed by atoms with Crippen molar-refractivity contribution in [3.63, 3.8) is 0 Å². The van der Waals surface area contributed by atoms with Crippen molar-refractivity contribution in [1.82, 2.24) is 20.2 Å². The first-order valence-electron chi connectivity index (χ1n) is 7.97. The maximum Gasteiger partial charge on any atom is 0.225 e. The zero-order chi connectivity index (χ0) is 15.4. The van der Waals surface area contributed by atoms with E-state index >= 15 is 0 Å². The predicted octanol–water partition coefficient (Wildman–Crippen LogP) is 1.67. The third-order valence-electron chi connectivity index (χ3n) is 4.33. The molecule has 0 saturated carbocycles. The molecular weight excluding hydrogens is 262 g/mol. The fourth-order valence-corrected chi connectivity index (χ4v) is 2.99. The zero-order valence-corrected chi connectivity index (χ0v) is 14.1. The van der Waals surface area contributed by atoms with Crippen LogP contribution in [0.2, 0.25) is 0 Å². The van der Waals surface area contributed by atoms with Crippen LogP contribution in [-0.2, 0) is 6.54 Å². The first-order valence-corrected chi connectivity index (χ1v) is 7.97. The number of anilines is 1. The Morgan fingerprint density at radius 2 is 2.14 bits per heavy atom. The predicted molar refractivity (Wildman–Crippen MR) is 87.6 cm³/mol. The van der Waals surface area contributed by atoms with E-state index in [1.165, 1.54) is 5.56 Å². The number of aromatic nitrogens is 2. The van der Waals surface area contributed by atoms with Gasteiger partial charge in [-0.1, -0.05) is 13.8 Å². The van der Waals surface area contributed by atoms with Crippen molar-refractivity contribution in [2.75, 3.05) is 38.6 Å². The summed E-state index contributed by atoms with van der Waals surface area (Å²) in [5, 5.41) is 3.41. The van der Waals surface area contributed by atoms with Gasteiger partial charge in [-0.25, -0.2) is 9.97 Å². The Hall–Kier alpha value is -1.20. The largest absolute Gasteiger partial charge is 0.339 e. The van der Waals surface area contributed by atoms with Crippen LogP contribution in [0.5, 0.6) is 0 Å². The Labute approximate surface area is 128 Å². The Bertz CT molecular complexity index is 460. The molecule has 2 unspecified atom stereocenters. The molecule has 1 aromatic rings. The van der Waals surface area contributed by atoms with E-state index in [0.717, 1.165) is 44.2 Å². The highest BCUT2D eigenvalue weighted by atomic mass is 15.3. The summed E-state index contributed by atoms with van der Waals surface area (Å²) in [6.07, 6.45) is 3.13. The highest BCUT2D eigenvalue weighted by Crippen LogP contribution is 2.23. The molecular formula is C16H29N5. The summed E-state index contributed by atoms with van der Waals surface area (Å²) in [7, 11) is 4.30. The summed E-state index contributed by atoms with van der Waals surface area (Å²) in [4.78, 5) is 13.9. The molecule has 21 heavy (non-hydrogen) atoms. The molecule has 118 valence electrons. The third-order valence-corrected chi connectivity index (χ3v) is 4.33. The molecule has 5 nitrogen and oxygen atoms in total. The number of nitrogens with zero attached hydrogens (tertiary/aromatic N) is 4. The number of likely N-dealkylation sites (N-methyl/N-ethyl adjacent to an activating group) is 1. The first kappa shape index (κ1) is 16.2. The van der Waals surface area contributed by atoms with Crippen molar-refractivity contribution in [3.05, 3.63) is 17.5 Å². The van der Waals surface area contributed by atoms with Gasteiger partial charge in [0.15, 0.2) is 0 Å². The van der Waals surface area contributed by atoms with Crippen molar-refractivity contribution in [3.8, 4) is 0 Å². The van der Waals surface area contributed by atoms with Gasteiger partial charge in [0, 0.05) is 43.1 Å². The van der Waals surface area contributed by atoms with Crippen LogP contribution in [-0.4, -0.2) is 54.6 Å². The van der Waals surface area contributed by atoms with Gasteiger partial charge >= 0.3 is 0 Å². The second-order valence-corrected chi connectivity index (χ2v) is 6.37. The van der Waals surface area contributed by atoms with Gasteiger partial charge in [0.1, 0.15) is 0 Å². The van der Waals surface area contributed by atoms with Crippen LogP contribution in [0.1, 0.15) is 31.5 Å². The van der Waals surface area contributed by atoms with Gasteiger partial charge in [-0.3, -0.25) is 0 Å². The Kier molecular flexibility index (Phi) is 5.53. The minimum Gasteiger partial charge on any atom is -0.339 e. The summed E-state index contributed by atoms with van der Waals surface area (Å²) in [5.74, 6) is 1.53. The Balaban J connectivity index is 2.03. The lowest BCUT2D eigenvalue weighted by molar-refractivity contribution is 0.266. The number of aryl methyl sites for hydroxylation is 1. The van der Waals surface area contributed by atoms with Crippen molar-refractivity contribution in [2.24, 2.45) is 5.92 Å². The molecule has 0 aromatic carbocycles. The monoisotopic (exact) mass is 291 g/mol. The molecule has 0 aliphatic carbocycles. The second-order valence-electron chi connectivity index (χ2n) is 6.37. The number of nitrogens with one attached hydrogen (secondary N) is 1. The minimum absolute atomic E-state index is 0.583. The van der Waals surface area contributed by atoms with E-state index < -0.39 is 0 Å². The van der Waals surface area contributed by atoms with Crippen LogP contribution in [0.4, 0.5) is 5.95 Å². The van der Waals surface area contributed by atoms with E-state index in [4.69, 9.17) is 4.98 Å². The SMILES string of the molecule is CCCNCc1cnc(N2CC(C)C(N(C)C)C2)nc1C. The average molecular weight is 291 g/mol. The van der Waals surface area contributed by atoms with E-state index in [2.05, 4.69) is 55.0 Å². The minimum atomic E-state index is 0.583. The highest BCUT2D eigenvalue weighted by Gasteiger charge is 2.32. The summed E-state index contributed by atoms with van der Waals surface area (Å²) in [6, 6.07) is 0.583. The average Bonchev–Trinajstić information content (AvgIpc) is 2.83. The molecule has 1 N–H and O–H groups in total. The number of rotatable bonds is 6. The molecule has 5 heteroatoms. The summed E-state index contributed by atoms with van der Waals surface area (Å²) < 4.78 is 0. The molecule has 0 bridgehead atoms. The molecule has 1 fully saturated rings. The molecule has 1 aromatic heterocycles. The highest BCUT2D eigenvalue weighted by molar-refractivity contribution is 5.35. The normalized spacial score (nSPS) is 22.3. The standard InChI is InChI=1S/C16H29N5/c1-6-7-17-8-14-9-18-16(19-13(14)3)21-10-12(2)15(11-21)20(4)5/h9,12,15,17H,6-8,10-11H2,1-5H3. The van der Waals surface area contributed by atoms with Gasteiger partial charge in [-0.2, -0.15) is 0 Å². The lowest BCUT2D eigenvalue weighted by Crippen LogP contribution is -2.34. The molecule has 0 spiro atoms. The summed E-state index contributed by atoms with van der Waals surface area (Å²) in [5.41, 5.74) is 2.29. The van der Waals surface area contributed by atoms with E-state index in [9.17, 15) is 0 Å². The van der Waals surface area contributed by atoms with Gasteiger partial charge in [0.05, 0.1) is 0 Å². The van der Waals surface area contributed by atoms with Gasteiger partial charge in [-0.05, 0) is 39.9 Å². The van der Waals surface area contributed by atoms with E-state index in [1.54, 1.807) is 0 Å². The van der Waals surface area contributed by atoms with Crippen LogP contribution < -0.4 is 10.2 Å². The lowest BCUT2D eigenvalue weighted by Gasteiger charge is -2.22. The third kappa shape index (κ3) is 3.92. The first-order chi connectivity index (χ1) is 10.0. The summed E-state index contributed by atoms with van der Waals surface area (Å²) >= 11 is 0. The van der Waals surface area contributed by atoms with Crippen molar-refractivity contribution in [2.45, 2.75) is 39.8 Å². The van der Waals surface area contributed by atoms with Gasteiger partial charge < -0.3 is 15.1 Å². The molecule has 2 rings (SSSR count). The van der Waals surface area contributed by atoms with E-state index in [0.29, 0.717) is 12.0 Å². The maximum absolute atomic E-state index is 4.72. The fourth-order valence-electron chi connectivity index (χ4n) is 2.99. The molecule has 1 saturated heterocycles. The van der Waals surface area contributed by atoms with Crippen molar-refractivity contribution in [1.29, 1.82) is 0 Å². The van der Waals surface area contributed by atoms with Gasteiger partial charge in [-0.15, -0.1) is 0 Å². The Morgan fingerprint density at radius 3 is 2.71 bits per heavy atom. The molecule has 2 heterocycles. The van der Waals surface area contributed by atoms with Crippen LogP contribution in [0.25, 0.3) is 0 Å². The quantitative estimate of drug-likeness (QED) is 0.808. The van der Waals surface area contributed by atoms with Crippen molar-refractivity contribution >= 4 is 5.95 Å². The molecule has 0 amide bonds. The fraction of sp³-hybridized carbons (Fsp3) is 0.750. The molecule has 2 atom stereocenters. The van der Waals surface area contributed by atoms with Crippen molar-refractivity contribution < 1.29 is 0 Å². The molecule has 1 aliphatic rings. The zero-order valence-electron chi connectivity index (χ0n) is 14.1. The lowest BCUT2D eigenvalue weighted by atomic mass is 10.1. The van der Waals surface area contributed by atoms with E-state index in [1.807, 2.05) is 6.20 Å².